The van der Waals surface area contributed by atoms with E-state index >= 15 is 0 Å². The predicted octanol–water partition coefficient (Wildman–Crippen LogP) is 6.20. The molecular weight excluding hydrogens is 578 g/mol. The Kier molecular flexibility index (Phi) is 9.51. The van der Waals surface area contributed by atoms with Gasteiger partial charge in [-0.25, -0.2) is 0 Å². The zero-order valence-corrected chi connectivity index (χ0v) is 23.7. The van der Waals surface area contributed by atoms with Crippen LogP contribution in [-0.4, -0.2) is 74.2 Å². The van der Waals surface area contributed by atoms with Crippen molar-refractivity contribution in [2.75, 3.05) is 52.6 Å². The standard InChI is InChI=1S/C26H24Cl4N2O4S/c1-15(25(33)31-7-11-35-12-8-31)17-3-5-19(23(29)21(17)27)37-20-6-4-18(22(28)24(20)30)16(2)26(34)32-9-13-36-14-10-32/h3-6H,1-2,7-14H2. The van der Waals surface area contributed by atoms with Crippen LogP contribution in [0, 0.1) is 0 Å². The molecular formula is C26H24Cl4N2O4S. The average molecular weight is 602 g/mol. The van der Waals surface area contributed by atoms with E-state index < -0.39 is 0 Å². The molecule has 0 bridgehead atoms. The van der Waals surface area contributed by atoms with Gasteiger partial charge >= 0.3 is 0 Å². The van der Waals surface area contributed by atoms with Gasteiger partial charge in [0.2, 0.25) is 0 Å². The van der Waals surface area contributed by atoms with Gasteiger partial charge in [0, 0.05) is 58.2 Å². The molecule has 0 saturated carbocycles. The Balaban J connectivity index is 1.52. The fourth-order valence-electron chi connectivity index (χ4n) is 3.95. The summed E-state index contributed by atoms with van der Waals surface area (Å²) in [6, 6.07) is 6.93. The zero-order chi connectivity index (χ0) is 26.7. The molecule has 0 atom stereocenters. The summed E-state index contributed by atoms with van der Waals surface area (Å²) >= 11 is 27.6. The number of benzene rings is 2. The quantitative estimate of drug-likeness (QED) is 0.369. The van der Waals surface area contributed by atoms with Crippen molar-refractivity contribution in [3.8, 4) is 0 Å². The number of halogens is 4. The third kappa shape index (κ3) is 6.14. The van der Waals surface area contributed by atoms with Crippen molar-refractivity contribution in [1.29, 1.82) is 0 Å². The van der Waals surface area contributed by atoms with Crippen LogP contribution in [0.25, 0.3) is 11.1 Å². The lowest BCUT2D eigenvalue weighted by Crippen LogP contribution is -2.41. The van der Waals surface area contributed by atoms with Gasteiger partial charge < -0.3 is 19.3 Å². The molecule has 0 spiro atoms. The molecule has 2 saturated heterocycles. The number of carbonyl (C=O) groups excluding carboxylic acids is 2. The van der Waals surface area contributed by atoms with Crippen LogP contribution < -0.4 is 0 Å². The first-order chi connectivity index (χ1) is 17.7. The average Bonchev–Trinajstić information content (AvgIpc) is 2.93. The zero-order valence-electron chi connectivity index (χ0n) is 19.8. The van der Waals surface area contributed by atoms with Gasteiger partial charge in [-0.1, -0.05) is 83.5 Å². The summed E-state index contributed by atoms with van der Waals surface area (Å²) in [7, 11) is 0. The maximum atomic E-state index is 12.8. The fourth-order valence-corrected chi connectivity index (χ4v) is 6.07. The molecule has 0 N–H and O–H groups in total. The van der Waals surface area contributed by atoms with Crippen LogP contribution in [0.3, 0.4) is 0 Å². The van der Waals surface area contributed by atoms with Gasteiger partial charge in [0.05, 0.1) is 46.5 Å². The minimum atomic E-state index is -0.209. The molecule has 2 amide bonds. The number of nitrogens with zero attached hydrogens (tertiary/aromatic N) is 2. The number of amides is 2. The lowest BCUT2D eigenvalue weighted by atomic mass is 10.1. The van der Waals surface area contributed by atoms with Gasteiger partial charge in [0.15, 0.2) is 0 Å². The molecule has 0 radical (unpaired) electrons. The van der Waals surface area contributed by atoms with Gasteiger partial charge in [0.1, 0.15) is 0 Å². The van der Waals surface area contributed by atoms with Gasteiger partial charge in [-0.2, -0.15) is 0 Å². The Hall–Kier alpha value is -1.71. The van der Waals surface area contributed by atoms with E-state index in [-0.39, 0.29) is 43.1 Å². The number of carbonyl (C=O) groups is 2. The minimum absolute atomic E-state index is 0.209. The summed E-state index contributed by atoms with van der Waals surface area (Å²) in [4.78, 5) is 30.3. The van der Waals surface area contributed by atoms with E-state index in [0.717, 1.165) is 0 Å². The van der Waals surface area contributed by atoms with Gasteiger partial charge in [-0.05, 0) is 12.1 Å². The highest BCUT2D eigenvalue weighted by Gasteiger charge is 2.25. The van der Waals surface area contributed by atoms with Gasteiger partial charge in [-0.15, -0.1) is 0 Å². The van der Waals surface area contributed by atoms with Crippen LogP contribution >= 0.6 is 58.2 Å². The van der Waals surface area contributed by atoms with Crippen LogP contribution in [-0.2, 0) is 19.1 Å². The van der Waals surface area contributed by atoms with Crippen molar-refractivity contribution < 1.29 is 19.1 Å². The van der Waals surface area contributed by atoms with Gasteiger partial charge in [-0.3, -0.25) is 9.59 Å². The summed E-state index contributed by atoms with van der Waals surface area (Å²) in [5, 5.41) is 0.981. The molecule has 37 heavy (non-hydrogen) atoms. The van der Waals surface area contributed by atoms with Crippen LogP contribution in [0.1, 0.15) is 11.1 Å². The Bertz CT molecular complexity index is 1160. The summed E-state index contributed by atoms with van der Waals surface area (Å²) in [5.74, 6) is -0.419. The van der Waals surface area contributed by atoms with Crippen molar-refractivity contribution >= 4 is 81.1 Å². The van der Waals surface area contributed by atoms with E-state index in [2.05, 4.69) is 13.2 Å². The lowest BCUT2D eigenvalue weighted by molar-refractivity contribution is -0.129. The number of rotatable bonds is 6. The molecule has 2 heterocycles. The van der Waals surface area contributed by atoms with Crippen molar-refractivity contribution in [3.63, 3.8) is 0 Å². The highest BCUT2D eigenvalue weighted by molar-refractivity contribution is 7.99. The van der Waals surface area contributed by atoms with Crippen molar-refractivity contribution in [2.45, 2.75) is 9.79 Å². The third-order valence-electron chi connectivity index (χ3n) is 6.08. The lowest BCUT2D eigenvalue weighted by Gasteiger charge is -2.28. The summed E-state index contributed by atoms with van der Waals surface area (Å²) < 4.78 is 10.6. The molecule has 11 heteroatoms. The summed E-state index contributed by atoms with van der Waals surface area (Å²) in [6.45, 7) is 11.8. The SMILES string of the molecule is C=C(C(=O)N1CCOCC1)c1ccc(Sc2ccc(C(=C)C(=O)N3CCOCC3)c(Cl)c2Cl)c(Cl)c1Cl. The predicted molar refractivity (Wildman–Crippen MR) is 150 cm³/mol. The monoisotopic (exact) mass is 600 g/mol. The fraction of sp³-hybridized carbons (Fsp3) is 0.308. The van der Waals surface area contributed by atoms with E-state index in [4.69, 9.17) is 55.9 Å². The van der Waals surface area contributed by atoms with Crippen LogP contribution in [0.5, 0.6) is 0 Å². The van der Waals surface area contributed by atoms with Crippen molar-refractivity contribution in [1.82, 2.24) is 9.80 Å². The first-order valence-electron chi connectivity index (χ1n) is 11.5. The molecule has 2 fully saturated rings. The molecule has 0 unspecified atom stereocenters. The van der Waals surface area contributed by atoms with Crippen LogP contribution in [0.2, 0.25) is 20.1 Å². The summed E-state index contributed by atoms with van der Waals surface area (Å²) in [5.41, 5.74) is 1.45. The summed E-state index contributed by atoms with van der Waals surface area (Å²) in [6.07, 6.45) is 0. The first kappa shape index (κ1) is 28.3. The van der Waals surface area contributed by atoms with E-state index in [0.29, 0.717) is 73.5 Å². The topological polar surface area (TPSA) is 59.1 Å². The molecule has 196 valence electrons. The van der Waals surface area contributed by atoms with Crippen molar-refractivity contribution in [3.05, 3.63) is 68.6 Å². The second-order valence-electron chi connectivity index (χ2n) is 8.35. The number of ether oxygens (including phenoxy) is 2. The highest BCUT2D eigenvalue weighted by atomic mass is 35.5. The van der Waals surface area contributed by atoms with E-state index in [1.54, 1.807) is 34.1 Å². The van der Waals surface area contributed by atoms with Gasteiger partial charge in [0.25, 0.3) is 11.8 Å². The maximum absolute atomic E-state index is 12.8. The second kappa shape index (κ2) is 12.4. The Morgan fingerprint density at radius 2 is 1.00 bits per heavy atom. The molecule has 2 aliphatic rings. The second-order valence-corrected chi connectivity index (χ2v) is 10.9. The van der Waals surface area contributed by atoms with Crippen LogP contribution in [0.4, 0.5) is 0 Å². The van der Waals surface area contributed by atoms with E-state index in [1.807, 2.05) is 0 Å². The third-order valence-corrected chi connectivity index (χ3v) is 9.18. The van der Waals surface area contributed by atoms with Crippen molar-refractivity contribution in [2.24, 2.45) is 0 Å². The first-order valence-corrected chi connectivity index (χ1v) is 13.8. The van der Waals surface area contributed by atoms with E-state index in [1.165, 1.54) is 11.8 Å². The largest absolute Gasteiger partial charge is 0.378 e. The van der Waals surface area contributed by atoms with Crippen LogP contribution in [0.15, 0.2) is 47.2 Å². The molecule has 2 aromatic carbocycles. The minimum Gasteiger partial charge on any atom is -0.378 e. The smallest absolute Gasteiger partial charge is 0.254 e. The Labute approximate surface area is 240 Å². The number of hydrogen-bond acceptors (Lipinski definition) is 5. The Morgan fingerprint density at radius 3 is 1.35 bits per heavy atom. The number of morpholine rings is 2. The highest BCUT2D eigenvalue weighted by Crippen LogP contribution is 2.45. The number of hydrogen-bond donors (Lipinski definition) is 0. The maximum Gasteiger partial charge on any atom is 0.254 e. The Morgan fingerprint density at radius 1 is 0.649 bits per heavy atom. The molecule has 2 aliphatic heterocycles. The van der Waals surface area contributed by atoms with E-state index in [9.17, 15) is 9.59 Å². The molecule has 6 nitrogen and oxygen atoms in total. The molecule has 2 aromatic rings. The molecule has 0 aliphatic carbocycles. The molecule has 0 aromatic heterocycles. The normalized spacial score (nSPS) is 16.0. The molecule has 4 rings (SSSR count).